The standard InChI is InChI=1S/C12H14ClF3O/c1-9-4-2-3-5-11(9)10(6-13)7-17-8-12(14,15)16/h2-5,10H,6-8H2,1H3. The van der Waals surface area contributed by atoms with Gasteiger partial charge in [-0.15, -0.1) is 11.6 Å². The molecule has 17 heavy (non-hydrogen) atoms. The molecule has 0 spiro atoms. The molecule has 1 rings (SSSR count). The third-order valence-electron chi connectivity index (χ3n) is 2.40. The molecule has 1 unspecified atom stereocenters. The minimum absolute atomic E-state index is 0.0200. The summed E-state index contributed by atoms with van der Waals surface area (Å²) in [5, 5.41) is 0. The van der Waals surface area contributed by atoms with E-state index < -0.39 is 12.8 Å². The highest BCUT2D eigenvalue weighted by atomic mass is 35.5. The molecule has 0 aliphatic heterocycles. The molecular weight excluding hydrogens is 253 g/mol. The van der Waals surface area contributed by atoms with Crippen LogP contribution in [0.3, 0.4) is 0 Å². The van der Waals surface area contributed by atoms with Gasteiger partial charge in [0, 0.05) is 11.8 Å². The van der Waals surface area contributed by atoms with E-state index in [9.17, 15) is 13.2 Å². The van der Waals surface area contributed by atoms with E-state index in [1.165, 1.54) is 0 Å². The van der Waals surface area contributed by atoms with Crippen LogP contribution in [0.5, 0.6) is 0 Å². The lowest BCUT2D eigenvalue weighted by Gasteiger charge is -2.17. The molecule has 0 saturated heterocycles. The van der Waals surface area contributed by atoms with Crippen LogP contribution >= 0.6 is 11.6 Å². The molecule has 1 aromatic carbocycles. The zero-order chi connectivity index (χ0) is 12.9. The first-order valence-corrected chi connectivity index (χ1v) is 5.73. The summed E-state index contributed by atoms with van der Waals surface area (Å²) in [6.45, 7) is 0.652. The van der Waals surface area contributed by atoms with Crippen molar-refractivity contribution in [1.29, 1.82) is 0 Å². The second-order valence-electron chi connectivity index (χ2n) is 3.84. The van der Waals surface area contributed by atoms with Crippen molar-refractivity contribution in [3.05, 3.63) is 35.4 Å². The summed E-state index contributed by atoms with van der Waals surface area (Å²) in [4.78, 5) is 0. The van der Waals surface area contributed by atoms with Crippen LogP contribution in [0.2, 0.25) is 0 Å². The first-order chi connectivity index (χ1) is 7.94. The molecular formula is C12H14ClF3O. The van der Waals surface area contributed by atoms with Crippen molar-refractivity contribution in [3.8, 4) is 0 Å². The number of ether oxygens (including phenoxy) is 1. The number of benzene rings is 1. The predicted octanol–water partition coefficient (Wildman–Crippen LogP) is 3.90. The second kappa shape index (κ2) is 6.26. The van der Waals surface area contributed by atoms with Crippen molar-refractivity contribution in [2.45, 2.75) is 19.0 Å². The Bertz CT molecular complexity index is 352. The lowest BCUT2D eigenvalue weighted by Crippen LogP contribution is -2.20. The Kier molecular flexibility index (Phi) is 5.28. The molecule has 0 aliphatic carbocycles. The van der Waals surface area contributed by atoms with Gasteiger partial charge in [0.25, 0.3) is 0 Å². The number of hydrogen-bond donors (Lipinski definition) is 0. The second-order valence-corrected chi connectivity index (χ2v) is 4.15. The van der Waals surface area contributed by atoms with Crippen molar-refractivity contribution in [2.24, 2.45) is 0 Å². The summed E-state index contributed by atoms with van der Waals surface area (Å²) in [5.41, 5.74) is 1.94. The first-order valence-electron chi connectivity index (χ1n) is 5.20. The van der Waals surface area contributed by atoms with Crippen LogP contribution in [0, 0.1) is 6.92 Å². The van der Waals surface area contributed by atoms with E-state index in [1.54, 1.807) is 0 Å². The maximum absolute atomic E-state index is 11.9. The summed E-state index contributed by atoms with van der Waals surface area (Å²) < 4.78 is 40.5. The van der Waals surface area contributed by atoms with Gasteiger partial charge in [-0.25, -0.2) is 0 Å². The Labute approximate surface area is 104 Å². The van der Waals surface area contributed by atoms with Crippen molar-refractivity contribution in [2.75, 3.05) is 19.1 Å². The van der Waals surface area contributed by atoms with Crippen molar-refractivity contribution < 1.29 is 17.9 Å². The number of hydrogen-bond acceptors (Lipinski definition) is 1. The molecule has 5 heteroatoms. The van der Waals surface area contributed by atoms with Gasteiger partial charge in [0.2, 0.25) is 0 Å². The lowest BCUT2D eigenvalue weighted by atomic mass is 9.97. The fraction of sp³-hybridized carbons (Fsp3) is 0.500. The van der Waals surface area contributed by atoms with E-state index in [4.69, 9.17) is 11.6 Å². The van der Waals surface area contributed by atoms with Crippen LogP contribution in [-0.2, 0) is 4.74 Å². The highest BCUT2D eigenvalue weighted by Gasteiger charge is 2.28. The molecule has 0 saturated carbocycles. The van der Waals surface area contributed by atoms with E-state index in [2.05, 4.69) is 4.74 Å². The molecule has 0 heterocycles. The normalized spacial score (nSPS) is 13.7. The topological polar surface area (TPSA) is 9.23 Å². The zero-order valence-corrected chi connectivity index (χ0v) is 10.2. The summed E-state index contributed by atoms with van der Waals surface area (Å²) >= 11 is 5.76. The SMILES string of the molecule is Cc1ccccc1C(CCl)COCC(F)(F)F. The van der Waals surface area contributed by atoms with Gasteiger partial charge < -0.3 is 4.74 Å². The molecule has 0 aliphatic rings. The fourth-order valence-corrected chi connectivity index (χ4v) is 1.83. The highest BCUT2D eigenvalue weighted by Crippen LogP contribution is 2.23. The van der Waals surface area contributed by atoms with Crippen LogP contribution < -0.4 is 0 Å². The number of halogens is 4. The Morgan fingerprint density at radius 1 is 1.29 bits per heavy atom. The molecule has 1 aromatic rings. The average molecular weight is 267 g/mol. The Balaban J connectivity index is 2.58. The van der Waals surface area contributed by atoms with Crippen molar-refractivity contribution >= 4 is 11.6 Å². The molecule has 0 fully saturated rings. The van der Waals surface area contributed by atoms with Crippen molar-refractivity contribution in [3.63, 3.8) is 0 Å². The maximum Gasteiger partial charge on any atom is 0.411 e. The minimum Gasteiger partial charge on any atom is -0.371 e. The molecule has 0 aromatic heterocycles. The van der Waals surface area contributed by atoms with E-state index in [0.717, 1.165) is 11.1 Å². The fourth-order valence-electron chi connectivity index (χ4n) is 1.58. The Hall–Kier alpha value is -0.740. The van der Waals surface area contributed by atoms with Gasteiger partial charge in [-0.3, -0.25) is 0 Å². The van der Waals surface area contributed by atoms with Gasteiger partial charge >= 0.3 is 6.18 Å². The van der Waals surface area contributed by atoms with Crippen LogP contribution in [-0.4, -0.2) is 25.3 Å². The molecule has 0 bridgehead atoms. The summed E-state index contributed by atoms with van der Waals surface area (Å²) in [5.74, 6) is 0.0307. The number of aryl methyl sites for hydroxylation is 1. The third-order valence-corrected chi connectivity index (χ3v) is 2.77. The third kappa shape index (κ3) is 4.96. The van der Waals surface area contributed by atoms with Gasteiger partial charge in [0.05, 0.1) is 6.61 Å². The van der Waals surface area contributed by atoms with Gasteiger partial charge in [-0.1, -0.05) is 24.3 Å². The van der Waals surface area contributed by atoms with E-state index in [0.29, 0.717) is 0 Å². The van der Waals surface area contributed by atoms with Crippen molar-refractivity contribution in [1.82, 2.24) is 0 Å². The smallest absolute Gasteiger partial charge is 0.371 e. The average Bonchev–Trinajstić information content (AvgIpc) is 2.24. The van der Waals surface area contributed by atoms with Crippen LogP contribution in [0.4, 0.5) is 13.2 Å². The molecule has 1 atom stereocenters. The lowest BCUT2D eigenvalue weighted by molar-refractivity contribution is -0.174. The van der Waals surface area contributed by atoms with Crippen LogP contribution in [0.1, 0.15) is 17.0 Å². The minimum atomic E-state index is -4.29. The molecule has 96 valence electrons. The Morgan fingerprint density at radius 3 is 2.47 bits per heavy atom. The Morgan fingerprint density at radius 2 is 1.94 bits per heavy atom. The summed E-state index contributed by atoms with van der Waals surface area (Å²) in [6, 6.07) is 7.48. The maximum atomic E-state index is 11.9. The zero-order valence-electron chi connectivity index (χ0n) is 9.43. The molecule has 0 N–H and O–H groups in total. The quantitative estimate of drug-likeness (QED) is 0.735. The van der Waals surface area contributed by atoms with Gasteiger partial charge in [0.1, 0.15) is 6.61 Å². The molecule has 0 amide bonds. The highest BCUT2D eigenvalue weighted by molar-refractivity contribution is 6.18. The first kappa shape index (κ1) is 14.3. The van der Waals surface area contributed by atoms with Gasteiger partial charge in [0.15, 0.2) is 0 Å². The predicted molar refractivity (Wildman–Crippen MR) is 61.5 cm³/mol. The number of rotatable bonds is 5. The van der Waals surface area contributed by atoms with E-state index in [1.807, 2.05) is 31.2 Å². The monoisotopic (exact) mass is 266 g/mol. The van der Waals surface area contributed by atoms with Gasteiger partial charge in [-0.2, -0.15) is 13.2 Å². The van der Waals surface area contributed by atoms with Crippen LogP contribution in [0.15, 0.2) is 24.3 Å². The largest absolute Gasteiger partial charge is 0.411 e. The summed E-state index contributed by atoms with van der Waals surface area (Å²) in [7, 11) is 0. The van der Waals surface area contributed by atoms with E-state index >= 15 is 0 Å². The molecule has 0 radical (unpaired) electrons. The van der Waals surface area contributed by atoms with Gasteiger partial charge in [-0.05, 0) is 18.1 Å². The number of alkyl halides is 4. The van der Waals surface area contributed by atoms with Crippen LogP contribution in [0.25, 0.3) is 0 Å². The van der Waals surface area contributed by atoms with E-state index in [-0.39, 0.29) is 18.4 Å². The summed E-state index contributed by atoms with van der Waals surface area (Å²) in [6.07, 6.45) is -4.29. The molecule has 1 nitrogen and oxygen atoms in total.